The molecule has 0 spiro atoms. The monoisotopic (exact) mass is 464 g/mol. The average Bonchev–Trinajstić information content (AvgIpc) is 3.56. The van der Waals surface area contributed by atoms with E-state index in [1.807, 2.05) is 11.8 Å². The first-order valence-corrected chi connectivity index (χ1v) is 12.1. The lowest BCUT2D eigenvalue weighted by Crippen LogP contribution is -2.38. The minimum absolute atomic E-state index is 0.0673. The van der Waals surface area contributed by atoms with Gasteiger partial charge < -0.3 is 10.0 Å². The van der Waals surface area contributed by atoms with Crippen LogP contribution in [0.4, 0.5) is 4.39 Å². The molecule has 2 aliphatic rings. The second kappa shape index (κ2) is 8.81. The maximum Gasteiger partial charge on any atom is 0.307 e. The summed E-state index contributed by atoms with van der Waals surface area (Å²) in [6.07, 6.45) is 5.45. The summed E-state index contributed by atoms with van der Waals surface area (Å²) in [7, 11) is 0. The van der Waals surface area contributed by atoms with Gasteiger partial charge in [0.15, 0.2) is 5.65 Å². The summed E-state index contributed by atoms with van der Waals surface area (Å²) in [5.74, 6) is -1.91. The van der Waals surface area contributed by atoms with Gasteiger partial charge in [0.25, 0.3) is 5.91 Å². The number of carbonyl (C=O) groups is 2. The summed E-state index contributed by atoms with van der Waals surface area (Å²) >= 11 is 0. The Labute approximate surface area is 197 Å². The molecule has 0 bridgehead atoms. The molecule has 7 nitrogen and oxygen atoms in total. The molecule has 3 heterocycles. The minimum atomic E-state index is -0.840. The number of fused-ring (bicyclic) bond motifs is 1. The fourth-order valence-electron chi connectivity index (χ4n) is 5.06. The molecule has 3 unspecified atom stereocenters. The van der Waals surface area contributed by atoms with Crippen LogP contribution >= 0.6 is 0 Å². The van der Waals surface area contributed by atoms with Crippen LogP contribution in [-0.4, -0.2) is 49.1 Å². The first kappa shape index (κ1) is 22.5. The fraction of sp³-hybridized carbons (Fsp3) is 0.462. The molecule has 5 rings (SSSR count). The first-order chi connectivity index (χ1) is 16.4. The Morgan fingerprint density at radius 1 is 1.18 bits per heavy atom. The quantitative estimate of drug-likeness (QED) is 0.592. The highest BCUT2D eigenvalue weighted by Gasteiger charge is 2.44. The van der Waals surface area contributed by atoms with E-state index in [0.29, 0.717) is 41.0 Å². The zero-order chi connectivity index (χ0) is 24.0. The van der Waals surface area contributed by atoms with Crippen molar-refractivity contribution >= 4 is 17.5 Å². The number of hydrogen-bond acceptors (Lipinski definition) is 4. The molecule has 1 saturated carbocycles. The van der Waals surface area contributed by atoms with E-state index < -0.39 is 17.7 Å². The Morgan fingerprint density at radius 3 is 2.71 bits per heavy atom. The summed E-state index contributed by atoms with van der Waals surface area (Å²) in [4.78, 5) is 31.0. The van der Waals surface area contributed by atoms with Crippen molar-refractivity contribution in [1.82, 2.24) is 19.5 Å². The molecule has 1 amide bonds. The lowest BCUT2D eigenvalue weighted by molar-refractivity contribution is -0.138. The Kier molecular flexibility index (Phi) is 5.83. The third-order valence-electron chi connectivity index (χ3n) is 7.20. The molecule has 0 radical (unpaired) electrons. The normalized spacial score (nSPS) is 22.6. The number of carboxylic acid groups (broad SMARTS) is 1. The van der Waals surface area contributed by atoms with Crippen LogP contribution in [0.1, 0.15) is 73.6 Å². The highest BCUT2D eigenvalue weighted by atomic mass is 19.1. The van der Waals surface area contributed by atoms with Crippen molar-refractivity contribution in [2.24, 2.45) is 5.92 Å². The van der Waals surface area contributed by atoms with Gasteiger partial charge in [-0.25, -0.2) is 13.9 Å². The summed E-state index contributed by atoms with van der Waals surface area (Å²) in [6.45, 7) is 4.81. The van der Waals surface area contributed by atoms with E-state index in [4.69, 9.17) is 5.11 Å². The molecule has 2 fully saturated rings. The Bertz CT molecular complexity index is 1270. The van der Waals surface area contributed by atoms with Crippen LogP contribution < -0.4 is 0 Å². The maximum absolute atomic E-state index is 15.0. The lowest BCUT2D eigenvalue weighted by atomic mass is 10.0. The summed E-state index contributed by atoms with van der Waals surface area (Å²) in [6, 6.07) is 8.52. The van der Waals surface area contributed by atoms with Crippen molar-refractivity contribution in [2.45, 2.75) is 64.3 Å². The lowest BCUT2D eigenvalue weighted by Gasteiger charge is -2.27. The fourth-order valence-corrected chi connectivity index (χ4v) is 5.06. The van der Waals surface area contributed by atoms with Gasteiger partial charge in [0.1, 0.15) is 11.5 Å². The topological polar surface area (TPSA) is 87.8 Å². The molecule has 178 valence electrons. The maximum atomic E-state index is 15.0. The number of aryl methyl sites for hydroxylation is 1. The van der Waals surface area contributed by atoms with E-state index >= 15 is 4.39 Å². The van der Waals surface area contributed by atoms with E-state index in [1.54, 1.807) is 28.8 Å². The first-order valence-electron chi connectivity index (χ1n) is 12.1. The van der Waals surface area contributed by atoms with Gasteiger partial charge in [0.05, 0.1) is 11.6 Å². The van der Waals surface area contributed by atoms with Gasteiger partial charge in [-0.1, -0.05) is 25.8 Å². The smallest absolute Gasteiger partial charge is 0.307 e. The molecule has 3 atom stereocenters. The number of halogens is 1. The molecule has 1 saturated heterocycles. The third-order valence-corrected chi connectivity index (χ3v) is 7.20. The number of amides is 1. The zero-order valence-electron chi connectivity index (χ0n) is 19.5. The standard InChI is InChI=1S/C26H29FN4O3/c1-3-17-12-23(25(32)30-10-6-4-5-7-15(30)2)28-24-14-22(29-31(17)24)18-9-8-16(11-21(18)27)19-13-20(19)26(33)34/h8-9,11-12,14-15,19-20H,3-7,10,13H2,1-2H3,(H,33,34). The van der Waals surface area contributed by atoms with E-state index in [-0.39, 0.29) is 17.9 Å². The van der Waals surface area contributed by atoms with Gasteiger partial charge in [0.2, 0.25) is 0 Å². The van der Waals surface area contributed by atoms with Gasteiger partial charge in [-0.15, -0.1) is 0 Å². The second-order valence-corrected chi connectivity index (χ2v) is 9.51. The van der Waals surface area contributed by atoms with Gasteiger partial charge >= 0.3 is 5.97 Å². The Balaban J connectivity index is 1.47. The molecule has 8 heteroatoms. The number of aromatic nitrogens is 3. The van der Waals surface area contributed by atoms with Crippen molar-refractivity contribution in [1.29, 1.82) is 0 Å². The zero-order valence-corrected chi connectivity index (χ0v) is 19.5. The van der Waals surface area contributed by atoms with E-state index in [2.05, 4.69) is 17.0 Å². The van der Waals surface area contributed by atoms with Crippen molar-refractivity contribution in [2.75, 3.05) is 6.54 Å². The van der Waals surface area contributed by atoms with Crippen LogP contribution in [0.5, 0.6) is 0 Å². The number of hydrogen-bond donors (Lipinski definition) is 1. The highest BCUT2D eigenvalue weighted by molar-refractivity contribution is 5.93. The van der Waals surface area contributed by atoms with Crippen molar-refractivity contribution in [3.05, 3.63) is 53.1 Å². The van der Waals surface area contributed by atoms with Crippen molar-refractivity contribution < 1.29 is 19.1 Å². The van der Waals surface area contributed by atoms with Crippen LogP contribution in [0.2, 0.25) is 0 Å². The number of carbonyl (C=O) groups excluding carboxylic acids is 1. The van der Waals surface area contributed by atoms with Crippen LogP contribution in [-0.2, 0) is 11.2 Å². The number of carboxylic acids is 1. The molecular formula is C26H29FN4O3. The van der Waals surface area contributed by atoms with Gasteiger partial charge in [-0.3, -0.25) is 9.59 Å². The molecule has 1 aliphatic heterocycles. The predicted octanol–water partition coefficient (Wildman–Crippen LogP) is 4.69. The van der Waals surface area contributed by atoms with Crippen molar-refractivity contribution in [3.8, 4) is 11.3 Å². The van der Waals surface area contributed by atoms with Crippen LogP contribution in [0.3, 0.4) is 0 Å². The van der Waals surface area contributed by atoms with Crippen LogP contribution in [0, 0.1) is 11.7 Å². The molecule has 1 aromatic carbocycles. The third kappa shape index (κ3) is 4.06. The molecule has 1 aliphatic carbocycles. The van der Waals surface area contributed by atoms with E-state index in [0.717, 1.165) is 37.9 Å². The number of rotatable bonds is 5. The number of likely N-dealkylation sites (tertiary alicyclic amines) is 1. The summed E-state index contributed by atoms with van der Waals surface area (Å²) in [5.41, 5.74) is 3.21. The Morgan fingerprint density at radius 2 is 2.00 bits per heavy atom. The van der Waals surface area contributed by atoms with Gasteiger partial charge in [-0.2, -0.15) is 5.10 Å². The van der Waals surface area contributed by atoms with E-state index in [1.165, 1.54) is 6.07 Å². The van der Waals surface area contributed by atoms with Gasteiger partial charge in [0, 0.05) is 29.9 Å². The van der Waals surface area contributed by atoms with E-state index in [9.17, 15) is 9.59 Å². The SMILES string of the molecule is CCc1cc(C(=O)N2CCCCCC2C)nc2cc(-c3ccc(C4CC4C(=O)O)cc3F)nn12. The number of nitrogens with zero attached hydrogens (tertiary/aromatic N) is 4. The largest absolute Gasteiger partial charge is 0.481 e. The van der Waals surface area contributed by atoms with Crippen LogP contribution in [0.15, 0.2) is 30.3 Å². The second-order valence-electron chi connectivity index (χ2n) is 9.51. The number of aliphatic carboxylic acids is 1. The molecule has 2 aromatic heterocycles. The van der Waals surface area contributed by atoms with Crippen molar-refractivity contribution in [3.63, 3.8) is 0 Å². The van der Waals surface area contributed by atoms with Crippen LogP contribution in [0.25, 0.3) is 16.9 Å². The summed E-state index contributed by atoms with van der Waals surface area (Å²) in [5, 5.41) is 13.7. The minimum Gasteiger partial charge on any atom is -0.481 e. The Hall–Kier alpha value is -3.29. The number of benzene rings is 1. The highest BCUT2D eigenvalue weighted by Crippen LogP contribution is 2.48. The van der Waals surface area contributed by atoms with Gasteiger partial charge in [-0.05, 0) is 62.3 Å². The molecular weight excluding hydrogens is 435 g/mol. The predicted molar refractivity (Wildman–Crippen MR) is 125 cm³/mol. The molecule has 34 heavy (non-hydrogen) atoms. The average molecular weight is 465 g/mol. The molecule has 1 N–H and O–H groups in total. The molecule has 3 aromatic rings. The summed E-state index contributed by atoms with van der Waals surface area (Å²) < 4.78 is 16.7.